The van der Waals surface area contributed by atoms with Crippen LogP contribution in [0.4, 0.5) is 0 Å². The molecule has 3 heteroatoms. The Morgan fingerprint density at radius 3 is 2.50 bits per heavy atom. The zero-order valence-electron chi connectivity index (χ0n) is 13.5. The molecule has 1 amide bonds. The quantitative estimate of drug-likeness (QED) is 0.477. The lowest BCUT2D eigenvalue weighted by atomic mass is 9.90. The van der Waals surface area contributed by atoms with E-state index in [1.807, 2.05) is 0 Å². The molecule has 0 radical (unpaired) electrons. The van der Waals surface area contributed by atoms with Crippen LogP contribution in [-0.2, 0) is 11.2 Å². The number of piperidine rings is 1. The molecule has 1 aliphatic rings. The van der Waals surface area contributed by atoms with Crippen LogP contribution < -0.4 is 0 Å². The average molecular weight is 366 g/mol. The molecule has 0 N–H and O–H groups in total. The van der Waals surface area contributed by atoms with Crippen molar-refractivity contribution < 1.29 is 4.79 Å². The molecule has 0 unspecified atom stereocenters. The third kappa shape index (κ3) is 6.12. The van der Waals surface area contributed by atoms with Crippen molar-refractivity contribution in [3.8, 4) is 0 Å². The molecule has 1 fully saturated rings. The van der Waals surface area contributed by atoms with Crippen LogP contribution in [0, 0.1) is 5.92 Å². The molecular formula is C19H28BrNO. The molecule has 0 aromatic heterocycles. The van der Waals surface area contributed by atoms with E-state index < -0.39 is 0 Å². The fourth-order valence-electron chi connectivity index (χ4n) is 3.24. The van der Waals surface area contributed by atoms with Gasteiger partial charge in [0.1, 0.15) is 0 Å². The Kier molecular flexibility index (Phi) is 8.00. The van der Waals surface area contributed by atoms with Crippen LogP contribution in [0.5, 0.6) is 0 Å². The Balaban J connectivity index is 1.59. The predicted molar refractivity (Wildman–Crippen MR) is 96.3 cm³/mol. The molecule has 1 heterocycles. The molecular weight excluding hydrogens is 338 g/mol. The zero-order valence-corrected chi connectivity index (χ0v) is 15.1. The molecule has 0 saturated carbocycles. The highest BCUT2D eigenvalue weighted by molar-refractivity contribution is 9.09. The highest BCUT2D eigenvalue weighted by atomic mass is 79.9. The van der Waals surface area contributed by atoms with Gasteiger partial charge in [0.25, 0.3) is 0 Å². The van der Waals surface area contributed by atoms with E-state index in [2.05, 4.69) is 51.2 Å². The van der Waals surface area contributed by atoms with Crippen LogP contribution in [0.15, 0.2) is 30.3 Å². The topological polar surface area (TPSA) is 20.3 Å². The Hall–Kier alpha value is -0.830. The summed E-state index contributed by atoms with van der Waals surface area (Å²) in [7, 11) is 0. The molecule has 0 atom stereocenters. The Labute approximate surface area is 143 Å². The second-order valence-corrected chi connectivity index (χ2v) is 7.14. The van der Waals surface area contributed by atoms with Gasteiger partial charge in [0.2, 0.25) is 5.91 Å². The molecule has 22 heavy (non-hydrogen) atoms. The Morgan fingerprint density at radius 2 is 1.82 bits per heavy atom. The number of aryl methyl sites for hydroxylation is 1. The van der Waals surface area contributed by atoms with Crippen molar-refractivity contribution in [1.29, 1.82) is 0 Å². The minimum absolute atomic E-state index is 0.365. The lowest BCUT2D eigenvalue weighted by Crippen LogP contribution is -2.38. The number of hydrogen-bond donors (Lipinski definition) is 0. The van der Waals surface area contributed by atoms with E-state index >= 15 is 0 Å². The number of carbonyl (C=O) groups is 1. The smallest absolute Gasteiger partial charge is 0.222 e. The normalized spacial score (nSPS) is 16.0. The van der Waals surface area contributed by atoms with E-state index in [9.17, 15) is 4.79 Å². The number of likely N-dealkylation sites (tertiary alicyclic amines) is 1. The minimum atomic E-state index is 0.365. The van der Waals surface area contributed by atoms with E-state index in [1.165, 1.54) is 37.7 Å². The summed E-state index contributed by atoms with van der Waals surface area (Å²) in [5, 5.41) is 1.00. The first-order valence-corrected chi connectivity index (χ1v) is 9.79. The Morgan fingerprint density at radius 1 is 1.09 bits per heavy atom. The van der Waals surface area contributed by atoms with Gasteiger partial charge in [-0.3, -0.25) is 4.79 Å². The molecule has 2 rings (SSSR count). The zero-order chi connectivity index (χ0) is 15.6. The largest absolute Gasteiger partial charge is 0.343 e. The third-order valence-electron chi connectivity index (χ3n) is 4.66. The summed E-state index contributed by atoms with van der Waals surface area (Å²) in [6.45, 7) is 1.95. The fourth-order valence-corrected chi connectivity index (χ4v) is 3.64. The lowest BCUT2D eigenvalue weighted by Gasteiger charge is -2.32. The van der Waals surface area contributed by atoms with Crippen molar-refractivity contribution in [2.75, 3.05) is 18.4 Å². The summed E-state index contributed by atoms with van der Waals surface area (Å²) >= 11 is 3.42. The van der Waals surface area contributed by atoms with Gasteiger partial charge in [-0.1, -0.05) is 46.3 Å². The maximum Gasteiger partial charge on any atom is 0.222 e. The molecule has 0 aliphatic carbocycles. The van der Waals surface area contributed by atoms with Gasteiger partial charge in [-0.05, 0) is 56.4 Å². The monoisotopic (exact) mass is 365 g/mol. The average Bonchev–Trinajstić information content (AvgIpc) is 2.56. The van der Waals surface area contributed by atoms with Crippen LogP contribution in [0.25, 0.3) is 0 Å². The summed E-state index contributed by atoms with van der Waals surface area (Å²) in [5.74, 6) is 1.18. The van der Waals surface area contributed by atoms with Gasteiger partial charge in [-0.2, -0.15) is 0 Å². The number of benzene rings is 1. The second-order valence-electron chi connectivity index (χ2n) is 6.35. The van der Waals surface area contributed by atoms with Gasteiger partial charge in [0.05, 0.1) is 0 Å². The number of unbranched alkanes of at least 4 members (excludes halogenated alkanes) is 1. The van der Waals surface area contributed by atoms with Crippen LogP contribution in [0.2, 0.25) is 0 Å². The minimum Gasteiger partial charge on any atom is -0.343 e. The van der Waals surface area contributed by atoms with Crippen molar-refractivity contribution in [1.82, 2.24) is 4.90 Å². The summed E-state index contributed by atoms with van der Waals surface area (Å²) in [5.41, 5.74) is 1.45. The summed E-state index contributed by atoms with van der Waals surface area (Å²) in [6.07, 6.45) is 8.99. The molecule has 1 aromatic rings. The van der Waals surface area contributed by atoms with Gasteiger partial charge < -0.3 is 4.90 Å². The van der Waals surface area contributed by atoms with E-state index in [-0.39, 0.29) is 0 Å². The summed E-state index contributed by atoms with van der Waals surface area (Å²) in [6, 6.07) is 10.8. The molecule has 1 saturated heterocycles. The van der Waals surface area contributed by atoms with Crippen molar-refractivity contribution in [2.24, 2.45) is 5.92 Å². The first-order valence-electron chi connectivity index (χ1n) is 8.67. The first kappa shape index (κ1) is 17.5. The van der Waals surface area contributed by atoms with E-state index in [0.29, 0.717) is 5.91 Å². The van der Waals surface area contributed by atoms with E-state index in [1.54, 1.807) is 0 Å². The van der Waals surface area contributed by atoms with Crippen molar-refractivity contribution in [3.63, 3.8) is 0 Å². The van der Waals surface area contributed by atoms with Crippen LogP contribution in [0.3, 0.4) is 0 Å². The number of nitrogens with zero attached hydrogens (tertiary/aromatic N) is 1. The van der Waals surface area contributed by atoms with Crippen molar-refractivity contribution in [3.05, 3.63) is 35.9 Å². The Bertz CT molecular complexity index is 426. The van der Waals surface area contributed by atoms with Gasteiger partial charge >= 0.3 is 0 Å². The summed E-state index contributed by atoms with van der Waals surface area (Å²) < 4.78 is 0. The predicted octanol–water partition coefficient (Wildman–Crippen LogP) is 4.81. The maximum atomic E-state index is 12.1. The number of halogens is 1. The highest BCUT2D eigenvalue weighted by Crippen LogP contribution is 2.23. The van der Waals surface area contributed by atoms with Gasteiger partial charge in [-0.25, -0.2) is 0 Å². The molecule has 0 spiro atoms. The standard InChI is InChI=1S/C19H28BrNO/c20-14-5-4-11-19(22)21-15-12-18(13-16-21)10-6-9-17-7-2-1-3-8-17/h1-3,7-8,18H,4-6,9-16H2. The summed E-state index contributed by atoms with van der Waals surface area (Å²) in [4.78, 5) is 14.2. The highest BCUT2D eigenvalue weighted by Gasteiger charge is 2.21. The maximum absolute atomic E-state index is 12.1. The number of hydrogen-bond acceptors (Lipinski definition) is 1. The lowest BCUT2D eigenvalue weighted by molar-refractivity contribution is -0.132. The fraction of sp³-hybridized carbons (Fsp3) is 0.632. The third-order valence-corrected chi connectivity index (χ3v) is 5.22. The van der Waals surface area contributed by atoms with Crippen LogP contribution in [0.1, 0.15) is 50.5 Å². The van der Waals surface area contributed by atoms with Crippen molar-refractivity contribution >= 4 is 21.8 Å². The SMILES string of the molecule is O=C(CCCCBr)N1CCC(CCCc2ccccc2)CC1. The molecule has 1 aliphatic heterocycles. The van der Waals surface area contributed by atoms with Gasteiger partial charge in [0.15, 0.2) is 0 Å². The molecule has 122 valence electrons. The van der Waals surface area contributed by atoms with Crippen LogP contribution >= 0.6 is 15.9 Å². The van der Waals surface area contributed by atoms with E-state index in [4.69, 9.17) is 0 Å². The molecule has 0 bridgehead atoms. The number of alkyl halides is 1. The number of amides is 1. The second kappa shape index (κ2) is 10.0. The van der Waals surface area contributed by atoms with E-state index in [0.717, 1.165) is 43.6 Å². The van der Waals surface area contributed by atoms with Gasteiger partial charge in [0, 0.05) is 24.8 Å². The molecule has 1 aromatic carbocycles. The van der Waals surface area contributed by atoms with Crippen molar-refractivity contribution in [2.45, 2.75) is 51.4 Å². The molecule has 2 nitrogen and oxygen atoms in total. The van der Waals surface area contributed by atoms with Crippen LogP contribution in [-0.4, -0.2) is 29.2 Å². The first-order chi connectivity index (χ1) is 10.8. The number of rotatable bonds is 8. The number of carbonyl (C=O) groups excluding carboxylic acids is 1. The van der Waals surface area contributed by atoms with Gasteiger partial charge in [-0.15, -0.1) is 0 Å².